The van der Waals surface area contributed by atoms with E-state index in [9.17, 15) is 14.4 Å². The highest BCUT2D eigenvalue weighted by Crippen LogP contribution is 2.22. The average Bonchev–Trinajstić information content (AvgIpc) is 2.43. The molecule has 0 saturated heterocycles. The van der Waals surface area contributed by atoms with Crippen LogP contribution in [0.2, 0.25) is 0 Å². The van der Waals surface area contributed by atoms with Gasteiger partial charge in [-0.25, -0.2) is 0 Å². The number of hydrogen-bond donors (Lipinski definition) is 1. The van der Waals surface area contributed by atoms with Gasteiger partial charge in [-0.1, -0.05) is 45.0 Å². The SMILES string of the molecule is CC(C)(C)C(=O)NCCC1=CC(=O)c2ccccc2C1=O. The number of carbonyl (C=O) groups is 3. The number of ketones is 2. The molecule has 1 aliphatic carbocycles. The maximum absolute atomic E-state index is 12.3. The Labute approximate surface area is 124 Å². The summed E-state index contributed by atoms with van der Waals surface area (Å²) < 4.78 is 0. The van der Waals surface area contributed by atoms with Gasteiger partial charge in [0, 0.05) is 28.7 Å². The lowest BCUT2D eigenvalue weighted by Crippen LogP contribution is -2.35. The van der Waals surface area contributed by atoms with Gasteiger partial charge in [0.05, 0.1) is 0 Å². The van der Waals surface area contributed by atoms with Crippen LogP contribution in [0.3, 0.4) is 0 Å². The van der Waals surface area contributed by atoms with E-state index in [1.54, 1.807) is 24.3 Å². The molecule has 0 saturated carbocycles. The molecule has 1 aromatic carbocycles. The fourth-order valence-electron chi connectivity index (χ4n) is 2.13. The molecule has 1 aromatic rings. The van der Waals surface area contributed by atoms with E-state index in [1.807, 2.05) is 20.8 Å². The van der Waals surface area contributed by atoms with E-state index in [-0.39, 0.29) is 17.5 Å². The fraction of sp³-hybridized carbons (Fsp3) is 0.353. The highest BCUT2D eigenvalue weighted by Gasteiger charge is 2.25. The molecule has 110 valence electrons. The first-order chi connectivity index (χ1) is 9.80. The fourth-order valence-corrected chi connectivity index (χ4v) is 2.13. The highest BCUT2D eigenvalue weighted by molar-refractivity contribution is 6.24. The number of fused-ring (bicyclic) bond motifs is 1. The second-order valence-electron chi connectivity index (χ2n) is 6.16. The van der Waals surface area contributed by atoms with Crippen molar-refractivity contribution < 1.29 is 14.4 Å². The number of benzene rings is 1. The summed E-state index contributed by atoms with van der Waals surface area (Å²) in [5, 5.41) is 2.79. The van der Waals surface area contributed by atoms with Crippen LogP contribution in [0.4, 0.5) is 0 Å². The molecule has 4 heteroatoms. The van der Waals surface area contributed by atoms with Crippen LogP contribution in [-0.2, 0) is 4.79 Å². The van der Waals surface area contributed by atoms with Crippen LogP contribution in [0.25, 0.3) is 0 Å². The Morgan fingerprint density at radius 2 is 1.71 bits per heavy atom. The van der Waals surface area contributed by atoms with E-state index in [4.69, 9.17) is 0 Å². The summed E-state index contributed by atoms with van der Waals surface area (Å²) in [7, 11) is 0. The molecule has 2 rings (SSSR count). The number of nitrogens with one attached hydrogen (secondary N) is 1. The maximum atomic E-state index is 12.3. The summed E-state index contributed by atoms with van der Waals surface area (Å²) >= 11 is 0. The van der Waals surface area contributed by atoms with Gasteiger partial charge in [0.1, 0.15) is 0 Å². The first-order valence-electron chi connectivity index (χ1n) is 6.97. The summed E-state index contributed by atoms with van der Waals surface area (Å²) in [5.74, 6) is -0.351. The summed E-state index contributed by atoms with van der Waals surface area (Å²) in [5.41, 5.74) is 0.882. The summed E-state index contributed by atoms with van der Waals surface area (Å²) in [6.07, 6.45) is 1.74. The van der Waals surface area contributed by atoms with Crippen molar-refractivity contribution in [2.45, 2.75) is 27.2 Å². The van der Waals surface area contributed by atoms with Gasteiger partial charge in [-0.15, -0.1) is 0 Å². The standard InChI is InChI=1S/C17H19NO3/c1-17(2,3)16(21)18-9-8-11-10-14(19)12-6-4-5-7-13(12)15(11)20/h4-7,10H,8-9H2,1-3H3,(H,18,21). The lowest BCUT2D eigenvalue weighted by atomic mass is 9.88. The highest BCUT2D eigenvalue weighted by atomic mass is 16.2. The van der Waals surface area contributed by atoms with Gasteiger partial charge in [-0.05, 0) is 12.5 Å². The third kappa shape index (κ3) is 3.27. The molecule has 21 heavy (non-hydrogen) atoms. The molecule has 1 N–H and O–H groups in total. The van der Waals surface area contributed by atoms with E-state index >= 15 is 0 Å². The molecule has 0 spiro atoms. The Balaban J connectivity index is 2.05. The van der Waals surface area contributed by atoms with Crippen LogP contribution in [0.15, 0.2) is 35.9 Å². The molecule has 4 nitrogen and oxygen atoms in total. The van der Waals surface area contributed by atoms with E-state index in [0.29, 0.717) is 29.7 Å². The van der Waals surface area contributed by atoms with E-state index in [2.05, 4.69) is 5.32 Å². The molecule has 1 amide bonds. The van der Waals surface area contributed by atoms with E-state index in [0.717, 1.165) is 0 Å². The summed E-state index contributed by atoms with van der Waals surface area (Å²) in [6.45, 7) is 5.83. The lowest BCUT2D eigenvalue weighted by Gasteiger charge is -2.19. The third-order valence-corrected chi connectivity index (χ3v) is 3.40. The quantitative estimate of drug-likeness (QED) is 0.928. The first-order valence-corrected chi connectivity index (χ1v) is 6.97. The molecular formula is C17H19NO3. The third-order valence-electron chi connectivity index (χ3n) is 3.40. The van der Waals surface area contributed by atoms with Crippen LogP contribution >= 0.6 is 0 Å². The Bertz CT molecular complexity index is 636. The molecule has 0 atom stereocenters. The predicted molar refractivity (Wildman–Crippen MR) is 80.3 cm³/mol. The van der Waals surface area contributed by atoms with E-state index < -0.39 is 5.41 Å². The number of rotatable bonds is 3. The average molecular weight is 285 g/mol. The zero-order valence-electron chi connectivity index (χ0n) is 12.5. The predicted octanol–water partition coefficient (Wildman–Crippen LogP) is 2.54. The monoisotopic (exact) mass is 285 g/mol. The van der Waals surface area contributed by atoms with Crippen LogP contribution in [0.1, 0.15) is 47.9 Å². The van der Waals surface area contributed by atoms with Gasteiger partial charge in [-0.2, -0.15) is 0 Å². The van der Waals surface area contributed by atoms with Crippen molar-refractivity contribution in [1.29, 1.82) is 0 Å². The Morgan fingerprint density at radius 1 is 1.10 bits per heavy atom. The number of carbonyl (C=O) groups excluding carboxylic acids is 3. The molecule has 0 aromatic heterocycles. The minimum atomic E-state index is -0.465. The van der Waals surface area contributed by atoms with Gasteiger partial charge >= 0.3 is 0 Å². The molecule has 0 radical (unpaired) electrons. The van der Waals surface area contributed by atoms with Crippen molar-refractivity contribution in [2.24, 2.45) is 5.41 Å². The Morgan fingerprint density at radius 3 is 2.33 bits per heavy atom. The number of hydrogen-bond acceptors (Lipinski definition) is 3. The van der Waals surface area contributed by atoms with Gasteiger partial charge in [0.15, 0.2) is 11.6 Å². The van der Waals surface area contributed by atoms with Gasteiger partial charge in [0.2, 0.25) is 5.91 Å². The zero-order chi connectivity index (χ0) is 15.6. The van der Waals surface area contributed by atoms with Crippen molar-refractivity contribution in [3.8, 4) is 0 Å². The molecule has 0 heterocycles. The lowest BCUT2D eigenvalue weighted by molar-refractivity contribution is -0.128. The van der Waals surface area contributed by atoms with Gasteiger partial charge in [-0.3, -0.25) is 14.4 Å². The van der Waals surface area contributed by atoms with Crippen molar-refractivity contribution in [2.75, 3.05) is 6.54 Å². The largest absolute Gasteiger partial charge is 0.355 e. The minimum Gasteiger partial charge on any atom is -0.355 e. The first kappa shape index (κ1) is 15.2. The van der Waals surface area contributed by atoms with Gasteiger partial charge < -0.3 is 5.32 Å². The number of Topliss-reactive ketones (excluding diaryl/α,β-unsaturated/α-hetero) is 1. The Kier molecular flexibility index (Phi) is 4.07. The van der Waals surface area contributed by atoms with Crippen LogP contribution in [0, 0.1) is 5.41 Å². The van der Waals surface area contributed by atoms with Crippen LogP contribution < -0.4 is 5.32 Å². The second kappa shape index (κ2) is 5.64. The Hall–Kier alpha value is -2.23. The zero-order valence-corrected chi connectivity index (χ0v) is 12.5. The van der Waals surface area contributed by atoms with Crippen molar-refractivity contribution >= 4 is 17.5 Å². The topological polar surface area (TPSA) is 63.2 Å². The second-order valence-corrected chi connectivity index (χ2v) is 6.16. The molecule has 0 fully saturated rings. The van der Waals surface area contributed by atoms with Crippen LogP contribution in [-0.4, -0.2) is 24.0 Å². The number of allylic oxidation sites excluding steroid dienone is 1. The summed E-state index contributed by atoms with van der Waals surface area (Å²) in [4.78, 5) is 36.1. The van der Waals surface area contributed by atoms with E-state index in [1.165, 1.54) is 6.08 Å². The van der Waals surface area contributed by atoms with Crippen molar-refractivity contribution in [3.63, 3.8) is 0 Å². The molecule has 0 bridgehead atoms. The minimum absolute atomic E-state index is 0.0712. The van der Waals surface area contributed by atoms with Crippen LogP contribution in [0.5, 0.6) is 0 Å². The normalized spacial score (nSPS) is 14.5. The summed E-state index contributed by atoms with van der Waals surface area (Å²) in [6, 6.07) is 6.81. The molecule has 0 aliphatic heterocycles. The van der Waals surface area contributed by atoms with Crippen molar-refractivity contribution in [3.05, 3.63) is 47.0 Å². The van der Waals surface area contributed by atoms with Crippen molar-refractivity contribution in [1.82, 2.24) is 5.32 Å². The molecule has 0 unspecified atom stereocenters. The molecule has 1 aliphatic rings. The molecular weight excluding hydrogens is 266 g/mol. The number of amides is 1. The smallest absolute Gasteiger partial charge is 0.225 e. The maximum Gasteiger partial charge on any atom is 0.225 e. The van der Waals surface area contributed by atoms with Gasteiger partial charge in [0.25, 0.3) is 0 Å².